The number of hydrogen-bond donors (Lipinski definition) is 1. The molecule has 1 aliphatic heterocycles. The Bertz CT molecular complexity index is 226. The molecule has 1 N–H and O–H groups in total. The quantitative estimate of drug-likeness (QED) is 0.702. The van der Waals surface area contributed by atoms with Crippen molar-refractivity contribution >= 4 is 17.9 Å². The van der Waals surface area contributed by atoms with Crippen LogP contribution in [0.3, 0.4) is 0 Å². The molecule has 0 aromatic heterocycles. The Hall–Kier alpha value is -0.640. The van der Waals surface area contributed by atoms with Gasteiger partial charge in [0.05, 0.1) is 5.92 Å². The predicted molar refractivity (Wildman–Crippen MR) is 55.9 cm³/mol. The first-order valence-electron chi connectivity index (χ1n) is 4.49. The number of nitrogens with one attached hydrogen (secondary N) is 1. The van der Waals surface area contributed by atoms with E-state index in [4.69, 9.17) is 0 Å². The number of rotatable bonds is 3. The monoisotopic (exact) mass is 200 g/mol. The molecule has 0 bridgehead atoms. The molecule has 4 heteroatoms. The van der Waals surface area contributed by atoms with Crippen molar-refractivity contribution in [1.29, 1.82) is 0 Å². The van der Waals surface area contributed by atoms with Crippen LogP contribution in [0.15, 0.2) is 11.1 Å². The number of nitrogens with zero attached hydrogens (tertiary/aromatic N) is 1. The molecule has 1 unspecified atom stereocenters. The van der Waals surface area contributed by atoms with Crippen LogP contribution < -0.4 is 4.72 Å². The Morgan fingerprint density at radius 1 is 1.62 bits per heavy atom. The van der Waals surface area contributed by atoms with Gasteiger partial charge in [-0.15, -0.1) is 0 Å². The van der Waals surface area contributed by atoms with E-state index < -0.39 is 0 Å². The molecule has 1 rings (SSSR count). The molecule has 74 valence electrons. The van der Waals surface area contributed by atoms with Gasteiger partial charge in [-0.05, 0) is 18.4 Å². The zero-order chi connectivity index (χ0) is 9.84. The molecule has 0 aromatic rings. The first-order valence-corrected chi connectivity index (χ1v) is 5.37. The van der Waals surface area contributed by atoms with Gasteiger partial charge in [0, 0.05) is 25.2 Å². The van der Waals surface area contributed by atoms with Crippen molar-refractivity contribution in [3.05, 3.63) is 11.1 Å². The second kappa shape index (κ2) is 4.56. The van der Waals surface area contributed by atoms with Gasteiger partial charge in [0.25, 0.3) is 0 Å². The third-order valence-electron chi connectivity index (χ3n) is 2.11. The van der Waals surface area contributed by atoms with Gasteiger partial charge in [0.1, 0.15) is 0 Å². The van der Waals surface area contributed by atoms with Gasteiger partial charge >= 0.3 is 0 Å². The van der Waals surface area contributed by atoms with Crippen molar-refractivity contribution in [2.75, 3.05) is 14.1 Å². The van der Waals surface area contributed by atoms with E-state index in [-0.39, 0.29) is 11.8 Å². The Kier molecular flexibility index (Phi) is 3.66. The zero-order valence-corrected chi connectivity index (χ0v) is 9.15. The lowest BCUT2D eigenvalue weighted by atomic mass is 9.99. The van der Waals surface area contributed by atoms with Crippen molar-refractivity contribution < 1.29 is 4.79 Å². The van der Waals surface area contributed by atoms with Crippen molar-refractivity contribution in [1.82, 2.24) is 9.62 Å². The maximum Gasteiger partial charge on any atom is 0.239 e. The van der Waals surface area contributed by atoms with E-state index in [2.05, 4.69) is 11.6 Å². The molecular weight excluding hydrogens is 184 g/mol. The van der Waals surface area contributed by atoms with Crippen molar-refractivity contribution in [3.63, 3.8) is 0 Å². The van der Waals surface area contributed by atoms with Crippen molar-refractivity contribution in [2.45, 2.75) is 19.8 Å². The highest BCUT2D eigenvalue weighted by Crippen LogP contribution is 2.26. The Morgan fingerprint density at radius 3 is 2.85 bits per heavy atom. The molecule has 1 atom stereocenters. The topological polar surface area (TPSA) is 32.3 Å². The van der Waals surface area contributed by atoms with E-state index in [0.717, 1.165) is 18.5 Å². The molecule has 0 aliphatic carbocycles. The minimum atomic E-state index is 0.0428. The van der Waals surface area contributed by atoms with Crippen LogP contribution in [-0.4, -0.2) is 24.9 Å². The van der Waals surface area contributed by atoms with Crippen LogP contribution in [0.4, 0.5) is 0 Å². The van der Waals surface area contributed by atoms with E-state index in [1.54, 1.807) is 0 Å². The first-order chi connectivity index (χ1) is 6.16. The van der Waals surface area contributed by atoms with Crippen molar-refractivity contribution in [3.8, 4) is 0 Å². The van der Waals surface area contributed by atoms with E-state index in [0.29, 0.717) is 0 Å². The molecule has 1 amide bonds. The van der Waals surface area contributed by atoms with E-state index in [1.165, 1.54) is 11.9 Å². The Labute approximate surface area is 83.7 Å². The summed E-state index contributed by atoms with van der Waals surface area (Å²) in [5.74, 6) is 0.180. The average molecular weight is 200 g/mol. The van der Waals surface area contributed by atoms with Crippen LogP contribution in [0.2, 0.25) is 0 Å². The summed E-state index contributed by atoms with van der Waals surface area (Å²) in [6.07, 6.45) is 1.96. The SMILES string of the molecule is CCCC1C(=O)NSC=C1N(C)C. The van der Waals surface area contributed by atoms with Gasteiger partial charge in [-0.3, -0.25) is 9.52 Å². The van der Waals surface area contributed by atoms with Gasteiger partial charge in [-0.1, -0.05) is 13.3 Å². The molecule has 0 spiro atoms. The minimum Gasteiger partial charge on any atom is -0.380 e. The third-order valence-corrected chi connectivity index (χ3v) is 2.78. The van der Waals surface area contributed by atoms with Crippen LogP contribution in [0, 0.1) is 5.92 Å². The molecule has 1 heterocycles. The third kappa shape index (κ3) is 2.40. The summed E-state index contributed by atoms with van der Waals surface area (Å²) >= 11 is 1.37. The van der Waals surface area contributed by atoms with Crippen LogP contribution in [0.5, 0.6) is 0 Å². The molecule has 1 aliphatic rings. The van der Waals surface area contributed by atoms with Gasteiger partial charge in [-0.25, -0.2) is 0 Å². The molecule has 0 radical (unpaired) electrons. The largest absolute Gasteiger partial charge is 0.380 e. The zero-order valence-electron chi connectivity index (χ0n) is 8.33. The predicted octanol–water partition coefficient (Wildman–Crippen LogP) is 1.58. The summed E-state index contributed by atoms with van der Waals surface area (Å²) in [7, 11) is 3.96. The summed E-state index contributed by atoms with van der Waals surface area (Å²) in [6.45, 7) is 2.10. The molecular formula is C9H16N2OS. The average Bonchev–Trinajstić information content (AvgIpc) is 2.08. The molecule has 0 saturated heterocycles. The van der Waals surface area contributed by atoms with Crippen LogP contribution in [0.1, 0.15) is 19.8 Å². The summed E-state index contributed by atoms with van der Waals surface area (Å²) in [4.78, 5) is 13.5. The minimum absolute atomic E-state index is 0.0428. The number of amides is 1. The van der Waals surface area contributed by atoms with Crippen molar-refractivity contribution in [2.24, 2.45) is 5.92 Å². The summed E-state index contributed by atoms with van der Waals surface area (Å²) in [5.41, 5.74) is 1.12. The van der Waals surface area contributed by atoms with Crippen LogP contribution >= 0.6 is 11.9 Å². The Balaban J connectivity index is 2.77. The Morgan fingerprint density at radius 2 is 2.31 bits per heavy atom. The molecule has 0 saturated carbocycles. The lowest BCUT2D eigenvalue weighted by Crippen LogP contribution is -2.34. The second-order valence-corrected chi connectivity index (χ2v) is 4.04. The van der Waals surface area contributed by atoms with Gasteiger partial charge in [-0.2, -0.15) is 0 Å². The summed E-state index contributed by atoms with van der Waals surface area (Å²) in [6, 6.07) is 0. The lowest BCUT2D eigenvalue weighted by molar-refractivity contribution is -0.122. The fourth-order valence-electron chi connectivity index (χ4n) is 1.42. The highest BCUT2D eigenvalue weighted by atomic mass is 32.2. The van der Waals surface area contributed by atoms with Gasteiger partial charge in [0.2, 0.25) is 5.91 Å². The molecule has 13 heavy (non-hydrogen) atoms. The smallest absolute Gasteiger partial charge is 0.239 e. The fourth-order valence-corrected chi connectivity index (χ4v) is 2.23. The normalized spacial score (nSPS) is 22.2. The maximum atomic E-state index is 11.5. The number of carbonyl (C=O) groups is 1. The molecule has 3 nitrogen and oxygen atoms in total. The molecule has 0 aromatic carbocycles. The molecule has 0 fully saturated rings. The van der Waals surface area contributed by atoms with E-state index in [1.807, 2.05) is 24.4 Å². The number of hydrogen-bond acceptors (Lipinski definition) is 3. The van der Waals surface area contributed by atoms with Gasteiger partial charge in [0.15, 0.2) is 0 Å². The van der Waals surface area contributed by atoms with Crippen LogP contribution in [-0.2, 0) is 4.79 Å². The summed E-state index contributed by atoms with van der Waals surface area (Å²) in [5, 5.41) is 2.02. The fraction of sp³-hybridized carbons (Fsp3) is 0.667. The summed E-state index contributed by atoms with van der Waals surface area (Å²) < 4.78 is 2.78. The van der Waals surface area contributed by atoms with E-state index in [9.17, 15) is 4.79 Å². The second-order valence-electron chi connectivity index (χ2n) is 3.36. The maximum absolute atomic E-state index is 11.5. The van der Waals surface area contributed by atoms with E-state index >= 15 is 0 Å². The standard InChI is InChI=1S/C9H16N2OS/c1-4-5-7-8(11(2)3)6-13-10-9(7)12/h6-7H,4-5H2,1-3H3,(H,10,12). The highest BCUT2D eigenvalue weighted by Gasteiger charge is 2.26. The lowest BCUT2D eigenvalue weighted by Gasteiger charge is -2.28. The number of carbonyl (C=O) groups excluding carboxylic acids is 1. The first kappa shape index (κ1) is 10.4. The highest BCUT2D eigenvalue weighted by molar-refractivity contribution is 8.00. The van der Waals surface area contributed by atoms with Crippen LogP contribution in [0.25, 0.3) is 0 Å². The van der Waals surface area contributed by atoms with Gasteiger partial charge < -0.3 is 4.90 Å².